The lowest BCUT2D eigenvalue weighted by atomic mass is 9.62. The lowest BCUT2D eigenvalue weighted by molar-refractivity contribution is -0.227. The first-order valence-corrected chi connectivity index (χ1v) is 10.3. The second-order valence-electron chi connectivity index (χ2n) is 9.09. The molecule has 1 saturated heterocycles. The number of benzene rings is 1. The molecule has 1 aliphatic carbocycles. The predicted octanol–water partition coefficient (Wildman–Crippen LogP) is 5.73. The van der Waals surface area contributed by atoms with Crippen LogP contribution in [0, 0.1) is 17.3 Å². The Bertz CT molecular complexity index is 678. The molecule has 28 heavy (non-hydrogen) atoms. The fraction of sp³-hybridized carbons (Fsp3) is 0.682. The minimum absolute atomic E-state index is 0.0381. The van der Waals surface area contributed by atoms with E-state index in [9.17, 15) is 18.0 Å². The summed E-state index contributed by atoms with van der Waals surface area (Å²) in [6, 6.07) is 6.94. The quantitative estimate of drug-likeness (QED) is 0.708. The van der Waals surface area contributed by atoms with Gasteiger partial charge in [0.25, 0.3) is 5.91 Å². The minimum atomic E-state index is -4.20. The summed E-state index contributed by atoms with van der Waals surface area (Å²) in [6.07, 6.45) is 0.291. The molecule has 0 aromatic heterocycles. The van der Waals surface area contributed by atoms with Crippen molar-refractivity contribution in [3.8, 4) is 0 Å². The molecule has 3 nitrogen and oxygen atoms in total. The number of carbonyl (C=O) groups excluding carboxylic acids is 1. The van der Waals surface area contributed by atoms with Crippen molar-refractivity contribution in [2.75, 3.05) is 18.4 Å². The number of nitrogens with one attached hydrogen (secondary N) is 1. The summed E-state index contributed by atoms with van der Waals surface area (Å²) in [6.45, 7) is 6.74. The standard InChI is InChI=1S/C22H31F3N2O/c1-15-18(11-12-21(2,3)19(15)22(23,24)25)26-17-9-7-16(8-10-17)20(28)27-13-5-4-6-14-27/h7-10,15,18-19,26H,4-6,11-14H2,1-3H3. The molecular weight excluding hydrogens is 365 g/mol. The Morgan fingerprint density at radius 3 is 2.29 bits per heavy atom. The summed E-state index contributed by atoms with van der Waals surface area (Å²) in [5.74, 6) is -1.80. The van der Waals surface area contributed by atoms with Gasteiger partial charge in [-0.3, -0.25) is 4.79 Å². The molecule has 1 N–H and O–H groups in total. The fourth-order valence-electron chi connectivity index (χ4n) is 5.04. The summed E-state index contributed by atoms with van der Waals surface area (Å²) in [7, 11) is 0. The molecule has 0 radical (unpaired) electrons. The van der Waals surface area contributed by atoms with Crippen molar-refractivity contribution < 1.29 is 18.0 Å². The van der Waals surface area contributed by atoms with Gasteiger partial charge in [-0.25, -0.2) is 0 Å². The molecule has 1 amide bonds. The Balaban J connectivity index is 1.67. The number of rotatable bonds is 3. The molecule has 1 aliphatic heterocycles. The number of likely N-dealkylation sites (tertiary alicyclic amines) is 1. The van der Waals surface area contributed by atoms with Crippen LogP contribution in [0.1, 0.15) is 63.2 Å². The first-order chi connectivity index (χ1) is 13.1. The second kappa shape index (κ2) is 7.96. The predicted molar refractivity (Wildman–Crippen MR) is 105 cm³/mol. The maximum absolute atomic E-state index is 13.6. The molecule has 0 spiro atoms. The van der Waals surface area contributed by atoms with Gasteiger partial charge in [0.15, 0.2) is 0 Å². The van der Waals surface area contributed by atoms with Crippen LogP contribution in [0.3, 0.4) is 0 Å². The zero-order chi connectivity index (χ0) is 20.5. The Labute approximate surface area is 165 Å². The van der Waals surface area contributed by atoms with Gasteiger partial charge in [0.1, 0.15) is 0 Å². The number of anilines is 1. The maximum atomic E-state index is 13.6. The Morgan fingerprint density at radius 1 is 1.11 bits per heavy atom. The third-order valence-electron chi connectivity index (χ3n) is 6.58. The highest BCUT2D eigenvalue weighted by Gasteiger charge is 2.55. The van der Waals surface area contributed by atoms with Crippen molar-refractivity contribution >= 4 is 11.6 Å². The summed E-state index contributed by atoms with van der Waals surface area (Å²) >= 11 is 0. The van der Waals surface area contributed by atoms with Crippen molar-refractivity contribution in [2.45, 2.75) is 65.1 Å². The second-order valence-corrected chi connectivity index (χ2v) is 9.09. The number of alkyl halides is 3. The molecule has 1 saturated carbocycles. The van der Waals surface area contributed by atoms with Crippen LogP contribution in [0.4, 0.5) is 18.9 Å². The summed E-state index contributed by atoms with van der Waals surface area (Å²) < 4.78 is 40.9. The zero-order valence-corrected chi connectivity index (χ0v) is 17.0. The summed E-state index contributed by atoms with van der Waals surface area (Å²) in [5, 5.41) is 3.29. The van der Waals surface area contributed by atoms with Crippen LogP contribution in [0.15, 0.2) is 24.3 Å². The molecule has 6 heteroatoms. The lowest BCUT2D eigenvalue weighted by Crippen LogP contribution is -2.50. The van der Waals surface area contributed by atoms with E-state index in [2.05, 4.69) is 5.32 Å². The zero-order valence-electron chi connectivity index (χ0n) is 17.0. The van der Waals surface area contributed by atoms with Crippen LogP contribution in [0.2, 0.25) is 0 Å². The van der Waals surface area contributed by atoms with E-state index in [-0.39, 0.29) is 11.9 Å². The van der Waals surface area contributed by atoms with E-state index in [0.29, 0.717) is 18.4 Å². The average molecular weight is 396 g/mol. The summed E-state index contributed by atoms with van der Waals surface area (Å²) in [5.41, 5.74) is 0.659. The topological polar surface area (TPSA) is 32.3 Å². The van der Waals surface area contributed by atoms with Gasteiger partial charge in [0.05, 0.1) is 5.92 Å². The lowest BCUT2D eigenvalue weighted by Gasteiger charge is -2.47. The van der Waals surface area contributed by atoms with E-state index >= 15 is 0 Å². The number of carbonyl (C=O) groups is 1. The molecule has 156 valence electrons. The highest BCUT2D eigenvalue weighted by atomic mass is 19.4. The van der Waals surface area contributed by atoms with Crippen LogP contribution in [0.25, 0.3) is 0 Å². The van der Waals surface area contributed by atoms with Crippen LogP contribution in [-0.2, 0) is 0 Å². The first kappa shape index (κ1) is 21.0. The van der Waals surface area contributed by atoms with Gasteiger partial charge in [0.2, 0.25) is 0 Å². The SMILES string of the molecule is CC1C(Nc2ccc(C(=O)N3CCCCC3)cc2)CCC(C)(C)C1C(F)(F)F. The third-order valence-corrected chi connectivity index (χ3v) is 6.58. The molecular formula is C22H31F3N2O. The number of halogens is 3. The van der Waals surface area contributed by atoms with Gasteiger partial charge in [-0.2, -0.15) is 13.2 Å². The molecule has 1 aromatic rings. The van der Waals surface area contributed by atoms with Gasteiger partial charge in [-0.15, -0.1) is 0 Å². The Kier molecular flexibility index (Phi) is 5.97. The molecule has 2 fully saturated rings. The maximum Gasteiger partial charge on any atom is 0.392 e. The molecule has 0 bridgehead atoms. The highest BCUT2D eigenvalue weighted by Crippen LogP contribution is 2.52. The van der Waals surface area contributed by atoms with Crippen molar-refractivity contribution in [1.82, 2.24) is 4.90 Å². The largest absolute Gasteiger partial charge is 0.392 e. The van der Waals surface area contributed by atoms with Crippen LogP contribution in [-0.4, -0.2) is 36.1 Å². The van der Waals surface area contributed by atoms with Gasteiger partial charge < -0.3 is 10.2 Å². The van der Waals surface area contributed by atoms with E-state index in [1.54, 1.807) is 32.9 Å². The van der Waals surface area contributed by atoms with Gasteiger partial charge in [0, 0.05) is 30.4 Å². The van der Waals surface area contributed by atoms with Crippen molar-refractivity contribution in [2.24, 2.45) is 17.3 Å². The normalized spacial score (nSPS) is 28.1. The average Bonchev–Trinajstić information content (AvgIpc) is 2.63. The Morgan fingerprint density at radius 2 is 1.71 bits per heavy atom. The van der Waals surface area contributed by atoms with Crippen molar-refractivity contribution in [3.63, 3.8) is 0 Å². The minimum Gasteiger partial charge on any atom is -0.382 e. The van der Waals surface area contributed by atoms with Crippen molar-refractivity contribution in [1.29, 1.82) is 0 Å². The van der Waals surface area contributed by atoms with Crippen LogP contribution < -0.4 is 5.32 Å². The van der Waals surface area contributed by atoms with E-state index in [1.807, 2.05) is 17.0 Å². The van der Waals surface area contributed by atoms with Crippen LogP contribution >= 0.6 is 0 Å². The number of hydrogen-bond acceptors (Lipinski definition) is 2. The van der Waals surface area contributed by atoms with Crippen molar-refractivity contribution in [3.05, 3.63) is 29.8 Å². The van der Waals surface area contributed by atoms with E-state index in [0.717, 1.165) is 31.6 Å². The Hall–Kier alpha value is -1.72. The van der Waals surface area contributed by atoms with E-state index in [4.69, 9.17) is 0 Å². The molecule has 3 rings (SSSR count). The number of hydrogen-bond donors (Lipinski definition) is 1. The first-order valence-electron chi connectivity index (χ1n) is 10.3. The van der Waals surface area contributed by atoms with Gasteiger partial charge >= 0.3 is 6.18 Å². The monoisotopic (exact) mass is 396 g/mol. The fourth-order valence-corrected chi connectivity index (χ4v) is 5.04. The molecule has 2 aliphatic rings. The van der Waals surface area contributed by atoms with E-state index in [1.165, 1.54) is 6.42 Å². The molecule has 1 aromatic carbocycles. The molecule has 3 unspecified atom stereocenters. The van der Waals surface area contributed by atoms with Crippen LogP contribution in [0.5, 0.6) is 0 Å². The third kappa shape index (κ3) is 4.47. The highest BCUT2D eigenvalue weighted by molar-refractivity contribution is 5.94. The van der Waals surface area contributed by atoms with Gasteiger partial charge in [-0.05, 0) is 67.7 Å². The number of nitrogens with zero attached hydrogens (tertiary/aromatic N) is 1. The molecule has 3 atom stereocenters. The number of amides is 1. The van der Waals surface area contributed by atoms with E-state index < -0.39 is 23.4 Å². The van der Waals surface area contributed by atoms with Gasteiger partial charge in [-0.1, -0.05) is 20.8 Å². The summed E-state index contributed by atoms with van der Waals surface area (Å²) in [4.78, 5) is 14.4. The number of piperidine rings is 1. The molecule has 1 heterocycles. The smallest absolute Gasteiger partial charge is 0.382 e.